The van der Waals surface area contributed by atoms with E-state index in [2.05, 4.69) is 38.1 Å². The van der Waals surface area contributed by atoms with Gasteiger partial charge < -0.3 is 4.74 Å². The second-order valence-corrected chi connectivity index (χ2v) is 6.71. The van der Waals surface area contributed by atoms with Crippen molar-refractivity contribution in [2.24, 2.45) is 5.41 Å². The first-order valence-corrected chi connectivity index (χ1v) is 7.09. The average Bonchev–Trinajstić information content (AvgIpc) is 2.73. The van der Waals surface area contributed by atoms with Crippen LogP contribution in [0.1, 0.15) is 37.8 Å². The summed E-state index contributed by atoms with van der Waals surface area (Å²) in [6, 6.07) is 6.47. The van der Waals surface area contributed by atoms with Gasteiger partial charge in [0.1, 0.15) is 5.75 Å². The molecule has 0 bridgehead atoms. The fraction of sp³-hybridized carbons (Fsp3) is 0.500. The van der Waals surface area contributed by atoms with Gasteiger partial charge in [0.15, 0.2) is 0 Å². The van der Waals surface area contributed by atoms with Crippen LogP contribution in [0.15, 0.2) is 24.3 Å². The van der Waals surface area contributed by atoms with Gasteiger partial charge in [0.25, 0.3) is 0 Å². The molecule has 3 rings (SSSR count). The summed E-state index contributed by atoms with van der Waals surface area (Å²) in [7, 11) is 0. The van der Waals surface area contributed by atoms with Crippen molar-refractivity contribution in [3.05, 3.63) is 35.4 Å². The molecule has 0 saturated heterocycles. The Morgan fingerprint density at radius 2 is 2.17 bits per heavy atom. The number of alkyl halides is 1. The molecule has 0 saturated carbocycles. The number of ether oxygens (including phenoxy) is 1. The number of halogens is 1. The molecule has 1 nitrogen and oxygen atoms in total. The third-order valence-electron chi connectivity index (χ3n) is 3.86. The largest absolute Gasteiger partial charge is 0.492 e. The van der Waals surface area contributed by atoms with E-state index in [4.69, 9.17) is 16.3 Å². The lowest BCUT2D eigenvalue weighted by Crippen LogP contribution is -2.21. The maximum atomic E-state index is 6.38. The molecule has 0 radical (unpaired) electrons. The number of hydrogen-bond acceptors (Lipinski definition) is 1. The van der Waals surface area contributed by atoms with E-state index in [1.54, 1.807) is 0 Å². The van der Waals surface area contributed by atoms with Gasteiger partial charge in [0.2, 0.25) is 0 Å². The summed E-state index contributed by atoms with van der Waals surface area (Å²) < 4.78 is 5.80. The first-order chi connectivity index (χ1) is 8.55. The maximum Gasteiger partial charge on any atom is 0.130 e. The Kier molecular flexibility index (Phi) is 2.90. The molecule has 1 aliphatic carbocycles. The highest BCUT2D eigenvalue weighted by atomic mass is 35.5. The Balaban J connectivity index is 2.03. The van der Waals surface area contributed by atoms with Gasteiger partial charge in [-0.25, -0.2) is 0 Å². The minimum Gasteiger partial charge on any atom is -0.492 e. The Bertz CT molecular complexity index is 502. The molecular weight excluding hydrogens is 244 g/mol. The van der Waals surface area contributed by atoms with Crippen LogP contribution >= 0.6 is 11.6 Å². The number of fused-ring (bicyclic) bond motifs is 1. The summed E-state index contributed by atoms with van der Waals surface area (Å²) in [6.07, 6.45) is 5.37. The average molecular weight is 263 g/mol. The predicted molar refractivity (Wildman–Crippen MR) is 76.3 cm³/mol. The van der Waals surface area contributed by atoms with E-state index < -0.39 is 0 Å². The number of hydrogen-bond donors (Lipinski definition) is 0. The molecule has 0 N–H and O–H groups in total. The zero-order valence-corrected chi connectivity index (χ0v) is 11.8. The molecule has 1 unspecified atom stereocenters. The zero-order valence-electron chi connectivity index (χ0n) is 11.0. The van der Waals surface area contributed by atoms with Gasteiger partial charge in [-0.3, -0.25) is 0 Å². The van der Waals surface area contributed by atoms with E-state index in [0.29, 0.717) is 0 Å². The molecule has 2 heteroatoms. The summed E-state index contributed by atoms with van der Waals surface area (Å²) in [6.45, 7) is 5.39. The molecule has 1 atom stereocenters. The van der Waals surface area contributed by atoms with Crippen LogP contribution in [0.5, 0.6) is 5.75 Å². The Labute approximate surface area is 114 Å². The maximum absolute atomic E-state index is 6.38. The summed E-state index contributed by atoms with van der Waals surface area (Å²) >= 11 is 6.38. The molecule has 1 aromatic carbocycles. The lowest BCUT2D eigenvalue weighted by atomic mass is 9.75. The zero-order chi connectivity index (χ0) is 12.8. The fourth-order valence-electron chi connectivity index (χ4n) is 3.10. The molecule has 0 aromatic heterocycles. The first kappa shape index (κ1) is 12.1. The smallest absolute Gasteiger partial charge is 0.130 e. The van der Waals surface area contributed by atoms with Crippen LogP contribution in [0.3, 0.4) is 0 Å². The quantitative estimate of drug-likeness (QED) is 0.680. The summed E-state index contributed by atoms with van der Waals surface area (Å²) in [5, 5.41) is 0.140. The third-order valence-corrected chi connectivity index (χ3v) is 4.14. The Morgan fingerprint density at radius 3 is 2.94 bits per heavy atom. The SMILES string of the molecule is CC1(C)CC(c2cccc3c2OCC3)=CC(Cl)C1. The monoisotopic (exact) mass is 262 g/mol. The normalized spacial score (nSPS) is 25.3. The number of rotatable bonds is 1. The van der Waals surface area contributed by atoms with Crippen molar-refractivity contribution < 1.29 is 4.74 Å². The number of para-hydroxylation sites is 1. The van der Waals surface area contributed by atoms with Crippen molar-refractivity contribution in [2.75, 3.05) is 6.61 Å². The minimum atomic E-state index is 0.140. The highest BCUT2D eigenvalue weighted by Crippen LogP contribution is 2.44. The number of benzene rings is 1. The topological polar surface area (TPSA) is 9.23 Å². The van der Waals surface area contributed by atoms with Crippen molar-refractivity contribution >= 4 is 17.2 Å². The second-order valence-electron chi connectivity index (χ2n) is 6.15. The summed E-state index contributed by atoms with van der Waals surface area (Å²) in [5.41, 5.74) is 4.22. The predicted octanol–water partition coefficient (Wildman–Crippen LogP) is 4.43. The van der Waals surface area contributed by atoms with E-state index in [0.717, 1.165) is 31.6 Å². The Hall–Kier alpha value is -0.950. The van der Waals surface area contributed by atoms with Crippen LogP contribution in [-0.4, -0.2) is 12.0 Å². The highest BCUT2D eigenvalue weighted by molar-refractivity contribution is 6.22. The van der Waals surface area contributed by atoms with E-state index in [9.17, 15) is 0 Å². The van der Waals surface area contributed by atoms with Gasteiger partial charge in [-0.2, -0.15) is 0 Å². The molecule has 0 spiro atoms. The molecule has 0 amide bonds. The van der Waals surface area contributed by atoms with Crippen LogP contribution < -0.4 is 4.74 Å². The van der Waals surface area contributed by atoms with Crippen molar-refractivity contribution in [3.8, 4) is 5.75 Å². The fourth-order valence-corrected chi connectivity index (χ4v) is 3.67. The molecule has 1 heterocycles. The van der Waals surface area contributed by atoms with Gasteiger partial charge >= 0.3 is 0 Å². The van der Waals surface area contributed by atoms with E-state index >= 15 is 0 Å². The van der Waals surface area contributed by atoms with Crippen molar-refractivity contribution in [1.82, 2.24) is 0 Å². The van der Waals surface area contributed by atoms with Crippen molar-refractivity contribution in [1.29, 1.82) is 0 Å². The van der Waals surface area contributed by atoms with Crippen LogP contribution in [0.25, 0.3) is 5.57 Å². The molecule has 2 aliphatic rings. The molecule has 0 fully saturated rings. The van der Waals surface area contributed by atoms with Gasteiger partial charge in [-0.1, -0.05) is 38.1 Å². The molecule has 96 valence electrons. The van der Waals surface area contributed by atoms with Crippen LogP contribution in [0, 0.1) is 5.41 Å². The first-order valence-electron chi connectivity index (χ1n) is 6.65. The van der Waals surface area contributed by atoms with Crippen molar-refractivity contribution in [3.63, 3.8) is 0 Å². The highest BCUT2D eigenvalue weighted by Gasteiger charge is 2.30. The minimum absolute atomic E-state index is 0.140. The lowest BCUT2D eigenvalue weighted by molar-refractivity contribution is 0.337. The van der Waals surface area contributed by atoms with Crippen LogP contribution in [0.2, 0.25) is 0 Å². The summed E-state index contributed by atoms with van der Waals surface area (Å²) in [5.74, 6) is 1.09. The molecular formula is C16H19ClO. The second kappa shape index (κ2) is 4.31. The lowest BCUT2D eigenvalue weighted by Gasteiger charge is -2.32. The van der Waals surface area contributed by atoms with E-state index in [1.165, 1.54) is 16.7 Å². The van der Waals surface area contributed by atoms with Gasteiger partial charge in [0.05, 0.1) is 12.0 Å². The summed E-state index contributed by atoms with van der Waals surface area (Å²) in [4.78, 5) is 0. The van der Waals surface area contributed by atoms with Gasteiger partial charge in [-0.05, 0) is 29.4 Å². The Morgan fingerprint density at radius 1 is 1.33 bits per heavy atom. The molecule has 1 aliphatic heterocycles. The van der Waals surface area contributed by atoms with E-state index in [1.807, 2.05) is 0 Å². The van der Waals surface area contributed by atoms with Gasteiger partial charge in [-0.15, -0.1) is 11.6 Å². The van der Waals surface area contributed by atoms with Crippen molar-refractivity contribution in [2.45, 2.75) is 38.5 Å². The number of allylic oxidation sites excluding steroid dienone is 2. The third kappa shape index (κ3) is 2.16. The molecule has 1 aromatic rings. The van der Waals surface area contributed by atoms with Crippen LogP contribution in [0.4, 0.5) is 0 Å². The van der Waals surface area contributed by atoms with Gasteiger partial charge in [0, 0.05) is 12.0 Å². The standard InChI is InChI=1S/C16H19ClO/c1-16(2)9-12(8-13(17)10-16)14-5-3-4-11-6-7-18-15(11)14/h3-5,8,13H,6-7,9-10H2,1-2H3. The van der Waals surface area contributed by atoms with E-state index in [-0.39, 0.29) is 10.8 Å². The molecule has 18 heavy (non-hydrogen) atoms. The van der Waals surface area contributed by atoms with Crippen LogP contribution in [-0.2, 0) is 6.42 Å².